The fraction of sp³-hybridized carbons (Fsp3) is 0.667. The Bertz CT molecular complexity index is 841. The van der Waals surface area contributed by atoms with Crippen LogP contribution < -0.4 is 10.6 Å². The van der Waals surface area contributed by atoms with Crippen LogP contribution in [-0.4, -0.2) is 127 Å². The number of benzene rings is 1. The molecule has 2 amide bonds. The maximum atomic E-state index is 12.3. The molecule has 2 aliphatic heterocycles. The van der Waals surface area contributed by atoms with Crippen LogP contribution in [0, 0.1) is 0 Å². The van der Waals surface area contributed by atoms with Gasteiger partial charge in [0.05, 0.1) is 38.3 Å². The van der Waals surface area contributed by atoms with E-state index in [0.717, 1.165) is 11.1 Å². The first-order valence-corrected chi connectivity index (χ1v) is 12.3. The molecular weight excluding hydrogens is 508 g/mol. The Labute approximate surface area is 218 Å². The van der Waals surface area contributed by atoms with Crippen LogP contribution in [0.1, 0.15) is 24.0 Å². The zero-order chi connectivity index (χ0) is 28.0. The number of hydrogen-bond donors (Lipinski definition) is 10. The Morgan fingerprint density at radius 2 is 0.895 bits per heavy atom. The molecule has 10 atom stereocenters. The molecule has 0 aromatic heterocycles. The van der Waals surface area contributed by atoms with Crippen LogP contribution in [0.4, 0.5) is 0 Å². The molecule has 14 heteroatoms. The molecule has 0 saturated carbocycles. The second kappa shape index (κ2) is 13.7. The predicted octanol–water partition coefficient (Wildman–Crippen LogP) is -4.62. The number of aliphatic hydroxyl groups excluding tert-OH is 8. The fourth-order valence-corrected chi connectivity index (χ4v) is 4.38. The number of nitrogens with one attached hydrogen (secondary N) is 2. The molecule has 0 bridgehead atoms. The average molecular weight is 545 g/mol. The highest BCUT2D eigenvalue weighted by molar-refractivity contribution is 5.77. The number of carbonyl (C=O) groups is 2. The topological polar surface area (TPSA) is 238 Å². The van der Waals surface area contributed by atoms with Crippen molar-refractivity contribution in [2.45, 2.75) is 87.0 Å². The normalized spacial score (nSPS) is 35.5. The van der Waals surface area contributed by atoms with Crippen LogP contribution in [0.3, 0.4) is 0 Å². The molecule has 10 N–H and O–H groups in total. The molecular formula is C24H36N2O12. The minimum absolute atomic E-state index is 0.153. The van der Waals surface area contributed by atoms with Gasteiger partial charge in [0.15, 0.2) is 0 Å². The number of ether oxygens (including phenoxy) is 2. The van der Waals surface area contributed by atoms with Crippen molar-refractivity contribution in [3.63, 3.8) is 0 Å². The lowest BCUT2D eigenvalue weighted by atomic mass is 9.93. The summed E-state index contributed by atoms with van der Waals surface area (Å²) in [5.74, 6) is -0.947. The van der Waals surface area contributed by atoms with Gasteiger partial charge in [0.2, 0.25) is 11.8 Å². The van der Waals surface area contributed by atoms with Crippen LogP contribution >= 0.6 is 0 Å². The van der Waals surface area contributed by atoms with Crippen LogP contribution in [0.25, 0.3) is 0 Å². The van der Waals surface area contributed by atoms with E-state index in [2.05, 4.69) is 10.6 Å². The van der Waals surface area contributed by atoms with E-state index in [0.29, 0.717) is 0 Å². The Morgan fingerprint density at radius 1 is 0.579 bits per heavy atom. The summed E-state index contributed by atoms with van der Waals surface area (Å²) in [6, 6.07) is 6.92. The Hall–Kier alpha value is -2.24. The molecule has 3 rings (SSSR count). The molecule has 14 nitrogen and oxygen atoms in total. The van der Waals surface area contributed by atoms with Gasteiger partial charge < -0.3 is 61.0 Å². The maximum Gasteiger partial charge on any atom is 0.222 e. The first kappa shape index (κ1) is 30.3. The van der Waals surface area contributed by atoms with Crippen molar-refractivity contribution in [3.05, 3.63) is 35.4 Å². The van der Waals surface area contributed by atoms with Crippen LogP contribution in [0.5, 0.6) is 0 Å². The van der Waals surface area contributed by atoms with Gasteiger partial charge >= 0.3 is 0 Å². The lowest BCUT2D eigenvalue weighted by Crippen LogP contribution is -2.59. The second-order valence-corrected chi connectivity index (χ2v) is 9.51. The number of carbonyl (C=O) groups excluding carboxylic acids is 2. The van der Waals surface area contributed by atoms with Gasteiger partial charge in [-0.25, -0.2) is 0 Å². The fourth-order valence-electron chi connectivity index (χ4n) is 4.38. The third-order valence-electron chi connectivity index (χ3n) is 6.76. The van der Waals surface area contributed by atoms with Crippen LogP contribution in [0.2, 0.25) is 0 Å². The van der Waals surface area contributed by atoms with Gasteiger partial charge in [0.1, 0.15) is 48.8 Å². The Balaban J connectivity index is 1.42. The van der Waals surface area contributed by atoms with E-state index >= 15 is 0 Å². The summed E-state index contributed by atoms with van der Waals surface area (Å²) in [4.78, 5) is 24.6. The third kappa shape index (κ3) is 7.45. The van der Waals surface area contributed by atoms with Gasteiger partial charge in [0, 0.05) is 13.1 Å². The van der Waals surface area contributed by atoms with E-state index < -0.39 is 86.1 Å². The lowest BCUT2D eigenvalue weighted by Gasteiger charge is -2.39. The standard InChI is InChI=1S/C24H36N2O12/c27-9-15-21(33)23(35)19(31)13(37-15)5-17(29)25-7-11-1-2-12(4-3-11)8-26-18(30)6-14-20(32)24(36)22(34)16(10-28)38-14/h1-4,13-16,19-24,27-28,31-36H,5-10H2,(H,25,29)(H,26,30)/t13-,14-,15-,16-,19+,20+,21-,22-,23-,24-/m1/s1. The van der Waals surface area contributed by atoms with Crippen molar-refractivity contribution in [2.75, 3.05) is 13.2 Å². The van der Waals surface area contributed by atoms with E-state index in [9.17, 15) is 50.4 Å². The SMILES string of the molecule is O=C(C[C@H]1O[C@H](CO)[C@@H](O)[C@H](O)[C@H]1O)NCc1ccc(CNC(=O)C[C@H]2O[C@H](CO)[C@@H](O)[C@H](O)[C@H]2O)cc1. The predicted molar refractivity (Wildman–Crippen MR) is 127 cm³/mol. The smallest absolute Gasteiger partial charge is 0.222 e. The van der Waals surface area contributed by atoms with Crippen molar-refractivity contribution >= 4 is 11.8 Å². The second-order valence-electron chi connectivity index (χ2n) is 9.51. The average Bonchev–Trinajstić information content (AvgIpc) is 2.91. The largest absolute Gasteiger partial charge is 0.394 e. The number of rotatable bonds is 10. The molecule has 2 aliphatic rings. The van der Waals surface area contributed by atoms with E-state index in [-0.39, 0.29) is 25.9 Å². The van der Waals surface area contributed by atoms with Gasteiger partial charge in [-0.1, -0.05) is 24.3 Å². The summed E-state index contributed by atoms with van der Waals surface area (Å²) in [5, 5.41) is 83.2. The van der Waals surface area contributed by atoms with Gasteiger partial charge in [0.25, 0.3) is 0 Å². The molecule has 0 aliphatic carbocycles. The quantitative estimate of drug-likeness (QED) is 0.134. The zero-order valence-corrected chi connectivity index (χ0v) is 20.5. The summed E-state index contributed by atoms with van der Waals surface area (Å²) in [7, 11) is 0. The molecule has 214 valence electrons. The Kier molecular flexibility index (Phi) is 10.9. The van der Waals surface area contributed by atoms with Gasteiger partial charge in [-0.2, -0.15) is 0 Å². The highest BCUT2D eigenvalue weighted by atomic mass is 16.6. The Morgan fingerprint density at radius 3 is 1.21 bits per heavy atom. The summed E-state index contributed by atoms with van der Waals surface area (Å²) in [6.45, 7) is -0.854. The number of hydrogen-bond acceptors (Lipinski definition) is 12. The van der Waals surface area contributed by atoms with Gasteiger partial charge in [-0.3, -0.25) is 9.59 Å². The van der Waals surface area contributed by atoms with E-state index in [1.165, 1.54) is 0 Å². The highest BCUT2D eigenvalue weighted by Gasteiger charge is 2.45. The molecule has 1 aromatic carbocycles. The number of aliphatic hydroxyl groups is 8. The zero-order valence-electron chi connectivity index (χ0n) is 20.5. The molecule has 0 radical (unpaired) electrons. The molecule has 0 unspecified atom stereocenters. The maximum absolute atomic E-state index is 12.3. The minimum Gasteiger partial charge on any atom is -0.394 e. The monoisotopic (exact) mass is 544 g/mol. The number of amides is 2. The molecule has 1 aromatic rings. The lowest BCUT2D eigenvalue weighted by molar-refractivity contribution is -0.229. The molecule has 38 heavy (non-hydrogen) atoms. The van der Waals surface area contributed by atoms with Crippen molar-refractivity contribution in [1.29, 1.82) is 0 Å². The summed E-state index contributed by atoms with van der Waals surface area (Å²) in [6.07, 6.45) is -14.0. The van der Waals surface area contributed by atoms with Crippen LogP contribution in [-0.2, 0) is 32.2 Å². The van der Waals surface area contributed by atoms with Crippen molar-refractivity contribution in [2.24, 2.45) is 0 Å². The molecule has 2 saturated heterocycles. The van der Waals surface area contributed by atoms with Crippen LogP contribution in [0.15, 0.2) is 24.3 Å². The first-order valence-electron chi connectivity index (χ1n) is 12.3. The molecule has 2 heterocycles. The molecule has 2 fully saturated rings. The summed E-state index contributed by atoms with van der Waals surface area (Å²) in [5.41, 5.74) is 1.48. The van der Waals surface area contributed by atoms with Crippen molar-refractivity contribution in [3.8, 4) is 0 Å². The minimum atomic E-state index is -1.55. The van der Waals surface area contributed by atoms with E-state index in [4.69, 9.17) is 9.47 Å². The van der Waals surface area contributed by atoms with E-state index in [1.807, 2.05) is 0 Å². The highest BCUT2D eigenvalue weighted by Crippen LogP contribution is 2.24. The summed E-state index contributed by atoms with van der Waals surface area (Å²) < 4.78 is 10.7. The van der Waals surface area contributed by atoms with Crippen molar-refractivity contribution in [1.82, 2.24) is 10.6 Å². The third-order valence-corrected chi connectivity index (χ3v) is 6.76. The van der Waals surface area contributed by atoms with E-state index in [1.54, 1.807) is 24.3 Å². The molecule has 0 spiro atoms. The first-order chi connectivity index (χ1) is 18.0. The van der Waals surface area contributed by atoms with Crippen molar-refractivity contribution < 1.29 is 59.9 Å². The van der Waals surface area contributed by atoms with Gasteiger partial charge in [-0.05, 0) is 11.1 Å². The summed E-state index contributed by atoms with van der Waals surface area (Å²) >= 11 is 0. The van der Waals surface area contributed by atoms with Gasteiger partial charge in [-0.15, -0.1) is 0 Å².